The lowest BCUT2D eigenvalue weighted by Gasteiger charge is -2.34. The lowest BCUT2D eigenvalue weighted by atomic mass is 9.97. The average Bonchev–Trinajstić information content (AvgIpc) is 3.50. The van der Waals surface area contributed by atoms with Crippen molar-refractivity contribution in [3.05, 3.63) is 58.8 Å². The van der Waals surface area contributed by atoms with E-state index in [4.69, 9.17) is 4.52 Å². The molecular formula is C22H24N4O2S. The molecule has 0 radical (unpaired) electrons. The monoisotopic (exact) mass is 408 g/mol. The molecule has 29 heavy (non-hydrogen) atoms. The first-order chi connectivity index (χ1) is 14.3. The highest BCUT2D eigenvalue weighted by molar-refractivity contribution is 7.13. The highest BCUT2D eigenvalue weighted by Gasteiger charge is 2.28. The molecule has 1 fully saturated rings. The Hall–Kier alpha value is -2.51. The van der Waals surface area contributed by atoms with Crippen molar-refractivity contribution in [2.75, 3.05) is 26.2 Å². The minimum atomic E-state index is 0.282. The summed E-state index contributed by atoms with van der Waals surface area (Å²) >= 11 is 1.60. The van der Waals surface area contributed by atoms with Gasteiger partial charge in [0.05, 0.1) is 11.4 Å². The predicted octanol–water partition coefficient (Wildman–Crippen LogP) is 3.56. The van der Waals surface area contributed by atoms with Gasteiger partial charge in [-0.05, 0) is 41.3 Å². The number of amides is 1. The summed E-state index contributed by atoms with van der Waals surface area (Å²) in [5, 5.41) is 6.08. The van der Waals surface area contributed by atoms with E-state index in [2.05, 4.69) is 39.3 Å². The van der Waals surface area contributed by atoms with Gasteiger partial charge < -0.3 is 9.42 Å². The molecular weight excluding hydrogens is 384 g/mol. The van der Waals surface area contributed by atoms with E-state index in [1.54, 1.807) is 11.3 Å². The Morgan fingerprint density at radius 1 is 1.14 bits per heavy atom. The van der Waals surface area contributed by atoms with Gasteiger partial charge in [-0.15, -0.1) is 11.3 Å². The molecule has 2 aliphatic rings. The van der Waals surface area contributed by atoms with Crippen LogP contribution in [-0.4, -0.2) is 52.0 Å². The number of piperazine rings is 1. The number of fused-ring (bicyclic) bond motifs is 1. The fraction of sp³-hybridized carbons (Fsp3) is 0.409. The van der Waals surface area contributed by atoms with Gasteiger partial charge >= 0.3 is 0 Å². The molecule has 0 bridgehead atoms. The normalized spacial score (nSPS) is 19.4. The van der Waals surface area contributed by atoms with E-state index in [1.165, 1.54) is 11.1 Å². The van der Waals surface area contributed by atoms with Gasteiger partial charge in [0.25, 0.3) is 0 Å². The van der Waals surface area contributed by atoms with Crippen LogP contribution in [0.25, 0.3) is 10.7 Å². The number of carbonyl (C=O) groups is 1. The molecule has 3 aromatic rings. The van der Waals surface area contributed by atoms with Crippen molar-refractivity contribution < 1.29 is 9.32 Å². The Morgan fingerprint density at radius 2 is 2.00 bits per heavy atom. The summed E-state index contributed by atoms with van der Waals surface area (Å²) in [5.74, 6) is 1.95. The quantitative estimate of drug-likeness (QED) is 0.646. The van der Waals surface area contributed by atoms with Crippen LogP contribution in [0.3, 0.4) is 0 Å². The summed E-state index contributed by atoms with van der Waals surface area (Å²) in [5.41, 5.74) is 2.79. The van der Waals surface area contributed by atoms with Crippen LogP contribution in [0.2, 0.25) is 0 Å². The molecule has 1 atom stereocenters. The van der Waals surface area contributed by atoms with Gasteiger partial charge in [-0.3, -0.25) is 9.69 Å². The number of hydrogen-bond acceptors (Lipinski definition) is 6. The van der Waals surface area contributed by atoms with Gasteiger partial charge in [-0.2, -0.15) is 4.98 Å². The molecule has 7 heteroatoms. The minimum absolute atomic E-state index is 0.282. The maximum absolute atomic E-state index is 12.8. The van der Waals surface area contributed by atoms with Crippen LogP contribution in [0.4, 0.5) is 0 Å². The first-order valence-corrected chi connectivity index (χ1v) is 11.1. The molecule has 1 saturated heterocycles. The van der Waals surface area contributed by atoms with Crippen molar-refractivity contribution in [2.45, 2.75) is 31.7 Å². The SMILES string of the molecule is O=C(CC1CCc2ccccc21)N1CCN(Cc2nc(-c3cccs3)no2)CC1. The van der Waals surface area contributed by atoms with Crippen molar-refractivity contribution in [3.63, 3.8) is 0 Å². The third kappa shape index (κ3) is 3.97. The Balaban J connectivity index is 1.13. The van der Waals surface area contributed by atoms with Gasteiger partial charge in [-0.25, -0.2) is 0 Å². The zero-order chi connectivity index (χ0) is 19.6. The van der Waals surface area contributed by atoms with E-state index in [9.17, 15) is 4.79 Å². The van der Waals surface area contributed by atoms with E-state index < -0.39 is 0 Å². The number of nitrogens with zero attached hydrogens (tertiary/aromatic N) is 4. The molecule has 150 valence electrons. The van der Waals surface area contributed by atoms with E-state index in [0.29, 0.717) is 30.6 Å². The Labute approximate surface area is 174 Å². The summed E-state index contributed by atoms with van der Waals surface area (Å²) in [6, 6.07) is 12.5. The summed E-state index contributed by atoms with van der Waals surface area (Å²) < 4.78 is 5.41. The van der Waals surface area contributed by atoms with Crippen molar-refractivity contribution in [2.24, 2.45) is 0 Å². The average molecular weight is 409 g/mol. The molecule has 1 aliphatic carbocycles. The fourth-order valence-corrected chi connectivity index (χ4v) is 5.02. The largest absolute Gasteiger partial charge is 0.340 e. The molecule has 1 unspecified atom stereocenters. The molecule has 0 N–H and O–H groups in total. The number of thiophene rings is 1. The maximum Gasteiger partial charge on any atom is 0.241 e. The zero-order valence-corrected chi connectivity index (χ0v) is 17.1. The van der Waals surface area contributed by atoms with Crippen molar-refractivity contribution in [3.8, 4) is 10.7 Å². The molecule has 5 rings (SSSR count). The lowest BCUT2D eigenvalue weighted by Crippen LogP contribution is -2.48. The number of rotatable bonds is 5. The third-order valence-electron chi connectivity index (χ3n) is 5.97. The van der Waals surface area contributed by atoms with Crippen molar-refractivity contribution in [1.29, 1.82) is 0 Å². The van der Waals surface area contributed by atoms with Gasteiger partial charge in [0.15, 0.2) is 0 Å². The summed E-state index contributed by atoms with van der Waals surface area (Å²) in [7, 11) is 0. The highest BCUT2D eigenvalue weighted by atomic mass is 32.1. The van der Waals surface area contributed by atoms with Gasteiger partial charge in [-0.1, -0.05) is 35.5 Å². The van der Waals surface area contributed by atoms with Crippen LogP contribution in [-0.2, 0) is 17.8 Å². The highest BCUT2D eigenvalue weighted by Crippen LogP contribution is 2.35. The molecule has 0 spiro atoms. The Morgan fingerprint density at radius 3 is 2.83 bits per heavy atom. The molecule has 1 amide bonds. The zero-order valence-electron chi connectivity index (χ0n) is 16.3. The molecule has 6 nitrogen and oxygen atoms in total. The van der Waals surface area contributed by atoms with Crippen molar-refractivity contribution in [1.82, 2.24) is 19.9 Å². The molecule has 0 saturated carbocycles. The summed E-state index contributed by atoms with van der Waals surface area (Å²) in [4.78, 5) is 22.6. The number of carbonyl (C=O) groups excluding carboxylic acids is 1. The van der Waals surface area contributed by atoms with Crippen molar-refractivity contribution >= 4 is 17.2 Å². The number of aromatic nitrogens is 2. The standard InChI is InChI=1S/C22H24N4O2S/c27-21(14-17-8-7-16-4-1-2-5-18(16)17)26-11-9-25(10-12-26)15-20-23-22(24-28-20)19-6-3-13-29-19/h1-6,13,17H,7-12,14-15H2. The molecule has 2 aromatic heterocycles. The van der Waals surface area contributed by atoms with E-state index in [0.717, 1.165) is 43.9 Å². The van der Waals surface area contributed by atoms with Gasteiger partial charge in [0.1, 0.15) is 0 Å². The number of benzene rings is 1. The van der Waals surface area contributed by atoms with Gasteiger partial charge in [0.2, 0.25) is 17.6 Å². The second-order valence-corrected chi connectivity index (χ2v) is 8.73. The van der Waals surface area contributed by atoms with Crippen LogP contribution < -0.4 is 0 Å². The van der Waals surface area contributed by atoms with Crippen LogP contribution in [0.15, 0.2) is 46.3 Å². The number of hydrogen-bond donors (Lipinski definition) is 0. The third-order valence-corrected chi connectivity index (χ3v) is 6.84. The van der Waals surface area contributed by atoms with E-state index in [1.807, 2.05) is 22.4 Å². The molecule has 1 aliphatic heterocycles. The van der Waals surface area contributed by atoms with Crippen LogP contribution >= 0.6 is 11.3 Å². The molecule has 1 aromatic carbocycles. The predicted molar refractivity (Wildman–Crippen MR) is 112 cm³/mol. The van der Waals surface area contributed by atoms with Gasteiger partial charge in [0, 0.05) is 32.6 Å². The lowest BCUT2D eigenvalue weighted by molar-refractivity contribution is -0.133. The first-order valence-electron chi connectivity index (χ1n) is 10.2. The second-order valence-electron chi connectivity index (χ2n) is 7.78. The van der Waals surface area contributed by atoms with Crippen LogP contribution in [0.5, 0.6) is 0 Å². The second kappa shape index (κ2) is 8.08. The Kier molecular flexibility index (Phi) is 5.16. The maximum atomic E-state index is 12.8. The summed E-state index contributed by atoms with van der Waals surface area (Å²) in [6.45, 7) is 3.84. The topological polar surface area (TPSA) is 62.5 Å². The fourth-order valence-electron chi connectivity index (χ4n) is 4.37. The summed E-state index contributed by atoms with van der Waals surface area (Å²) in [6.07, 6.45) is 2.82. The first kappa shape index (κ1) is 18.5. The number of aryl methyl sites for hydroxylation is 1. The smallest absolute Gasteiger partial charge is 0.241 e. The Bertz CT molecular complexity index is 976. The van der Waals surface area contributed by atoms with E-state index >= 15 is 0 Å². The van der Waals surface area contributed by atoms with E-state index in [-0.39, 0.29) is 5.91 Å². The molecule has 3 heterocycles. The minimum Gasteiger partial charge on any atom is -0.340 e. The van der Waals surface area contributed by atoms with Crippen LogP contribution in [0, 0.1) is 0 Å². The van der Waals surface area contributed by atoms with Crippen LogP contribution in [0.1, 0.15) is 35.8 Å².